The molecule has 55 heavy (non-hydrogen) atoms. The molecule has 0 saturated heterocycles. The summed E-state index contributed by atoms with van der Waals surface area (Å²) in [6.45, 7) is -0.310. The van der Waals surface area contributed by atoms with Crippen molar-refractivity contribution in [2.24, 2.45) is 0 Å². The molecule has 4 aromatic rings. The van der Waals surface area contributed by atoms with E-state index in [-0.39, 0.29) is 58.4 Å². The lowest BCUT2D eigenvalue weighted by Gasteiger charge is -2.26. The molecule has 0 spiro atoms. The van der Waals surface area contributed by atoms with Crippen LogP contribution in [0.1, 0.15) is 34.8 Å². The summed E-state index contributed by atoms with van der Waals surface area (Å²) in [5.41, 5.74) is 2.27. The Morgan fingerprint density at radius 2 is 1.09 bits per heavy atom. The van der Waals surface area contributed by atoms with E-state index in [0.717, 1.165) is 5.56 Å². The van der Waals surface area contributed by atoms with Crippen molar-refractivity contribution in [2.45, 2.75) is 25.0 Å². The predicted octanol–water partition coefficient (Wildman–Crippen LogP) is 5.77. The van der Waals surface area contributed by atoms with Crippen molar-refractivity contribution in [3.05, 3.63) is 101 Å². The normalized spacial score (nSPS) is 12.2. The third kappa shape index (κ3) is 11.5. The van der Waals surface area contributed by atoms with E-state index in [1.54, 1.807) is 42.5 Å². The Hall–Kier alpha value is -6.54. The maximum atomic E-state index is 12.8. The van der Waals surface area contributed by atoms with Crippen LogP contribution in [-0.2, 0) is 25.5 Å². The van der Waals surface area contributed by atoms with Crippen molar-refractivity contribution in [1.82, 2.24) is 0 Å². The Morgan fingerprint density at radius 3 is 1.60 bits per heavy atom. The second kappa shape index (κ2) is 20.1. The number of aryl methyl sites for hydroxylation is 1. The Balaban J connectivity index is 1.47. The lowest BCUT2D eigenvalue weighted by Crippen LogP contribution is -2.31. The number of phenolic OH excluding ortho intramolecular Hbond substituents is 3. The van der Waals surface area contributed by atoms with Gasteiger partial charge in [-0.05, 0) is 95.8 Å². The summed E-state index contributed by atoms with van der Waals surface area (Å²) >= 11 is 0. The molecule has 0 unspecified atom stereocenters. The van der Waals surface area contributed by atoms with Gasteiger partial charge >= 0.3 is 11.9 Å². The van der Waals surface area contributed by atoms with Crippen LogP contribution >= 0.6 is 0 Å². The number of aliphatic hydroxyl groups is 1. The van der Waals surface area contributed by atoms with Crippen molar-refractivity contribution >= 4 is 24.1 Å². The van der Waals surface area contributed by atoms with Gasteiger partial charge in [0.15, 0.2) is 52.1 Å². The fourth-order valence-corrected chi connectivity index (χ4v) is 5.26. The monoisotopic (exact) mass is 760 g/mol. The van der Waals surface area contributed by atoms with Crippen molar-refractivity contribution in [3.63, 3.8) is 0 Å². The molecule has 0 aliphatic heterocycles. The number of carbonyl (C=O) groups is 2. The maximum absolute atomic E-state index is 12.8. The minimum absolute atomic E-state index is 0.0118. The summed E-state index contributed by atoms with van der Waals surface area (Å²) in [6, 6.07) is 16.9. The van der Waals surface area contributed by atoms with Crippen molar-refractivity contribution < 1.29 is 67.9 Å². The first-order valence-electron chi connectivity index (χ1n) is 16.9. The van der Waals surface area contributed by atoms with E-state index in [0.29, 0.717) is 29.5 Å². The smallest absolute Gasteiger partial charge is 0.330 e. The van der Waals surface area contributed by atoms with E-state index < -0.39 is 30.8 Å². The minimum atomic E-state index is -1.40. The van der Waals surface area contributed by atoms with Crippen LogP contribution in [0.3, 0.4) is 0 Å². The van der Waals surface area contributed by atoms with Crippen LogP contribution in [0.4, 0.5) is 0 Å². The van der Waals surface area contributed by atoms with Crippen LogP contribution in [-0.4, -0.2) is 87.2 Å². The highest BCUT2D eigenvalue weighted by Gasteiger charge is 2.29. The molecule has 4 rings (SSSR count). The van der Waals surface area contributed by atoms with Crippen LogP contribution in [0.2, 0.25) is 0 Å². The van der Waals surface area contributed by atoms with Crippen molar-refractivity contribution in [3.8, 4) is 51.7 Å². The second-order valence-corrected chi connectivity index (χ2v) is 11.8. The SMILES string of the molecule is COc1cc(/C=C\C(=O)OCCCc2cc(OC)c(O[C@@H](COC(=O)/C=C\c3ccc(O)c(OC)c3)[C@@H](O)c3ccc(O)c(OC)c3)c(OC)c2)ccc1O. The summed E-state index contributed by atoms with van der Waals surface area (Å²) in [5, 5.41) is 41.2. The molecular weight excluding hydrogens is 716 g/mol. The molecule has 4 N–H and O–H groups in total. The van der Waals surface area contributed by atoms with Gasteiger partial charge in [0, 0.05) is 12.2 Å². The number of aromatic hydroxyl groups is 3. The number of esters is 2. The highest BCUT2D eigenvalue weighted by Crippen LogP contribution is 2.41. The number of rotatable bonds is 19. The van der Waals surface area contributed by atoms with Gasteiger partial charge in [0.05, 0.1) is 42.2 Å². The van der Waals surface area contributed by atoms with Gasteiger partial charge in [0.1, 0.15) is 12.7 Å². The van der Waals surface area contributed by atoms with Crippen LogP contribution in [0, 0.1) is 0 Å². The number of aliphatic hydroxyl groups excluding tert-OH is 1. The van der Waals surface area contributed by atoms with Gasteiger partial charge in [0.25, 0.3) is 0 Å². The van der Waals surface area contributed by atoms with Crippen LogP contribution in [0.5, 0.6) is 51.7 Å². The standard InChI is InChI=1S/C41H44O14/c1-48-32-19-25(8-13-29(32)42)10-16-38(45)53-18-6-7-27-21-35(51-4)41(36(22-27)52-5)55-37(40(47)28-12-15-31(44)34(23-28)50-3)24-54-39(46)17-11-26-9-14-30(43)33(20-26)49-2/h8-17,19-23,37,40,42-44,47H,6-7,18,24H2,1-5H3/b16-10-,17-11-/t37-,40-/m0/s1. The summed E-state index contributed by atoms with van der Waals surface area (Å²) < 4.78 is 43.8. The fourth-order valence-electron chi connectivity index (χ4n) is 5.26. The number of benzene rings is 4. The largest absolute Gasteiger partial charge is 0.504 e. The number of methoxy groups -OCH3 is 5. The molecule has 14 nitrogen and oxygen atoms in total. The molecule has 0 saturated carbocycles. The zero-order chi connectivity index (χ0) is 39.9. The average Bonchev–Trinajstić information content (AvgIpc) is 3.20. The summed E-state index contributed by atoms with van der Waals surface area (Å²) in [6.07, 6.45) is 3.79. The number of hydrogen-bond donors (Lipinski definition) is 4. The van der Waals surface area contributed by atoms with E-state index in [2.05, 4.69) is 0 Å². The third-order valence-electron chi connectivity index (χ3n) is 8.16. The van der Waals surface area contributed by atoms with Gasteiger partial charge in [-0.15, -0.1) is 0 Å². The highest BCUT2D eigenvalue weighted by molar-refractivity contribution is 5.87. The molecule has 0 radical (unpaired) electrons. The number of ether oxygens (including phenoxy) is 8. The van der Waals surface area contributed by atoms with E-state index in [4.69, 9.17) is 37.9 Å². The topological polar surface area (TPSA) is 189 Å². The second-order valence-electron chi connectivity index (χ2n) is 11.8. The van der Waals surface area contributed by atoms with Gasteiger partial charge in [-0.1, -0.05) is 18.2 Å². The summed E-state index contributed by atoms with van der Waals surface area (Å²) in [7, 11) is 7.07. The van der Waals surface area contributed by atoms with E-state index in [9.17, 15) is 30.0 Å². The molecule has 0 aromatic heterocycles. The first kappa shape index (κ1) is 41.2. The lowest BCUT2D eigenvalue weighted by molar-refractivity contribution is -0.142. The quantitative estimate of drug-likeness (QED) is 0.0512. The molecule has 0 fully saturated rings. The molecule has 0 amide bonds. The molecule has 292 valence electrons. The molecule has 0 heterocycles. The molecule has 14 heteroatoms. The number of phenols is 3. The van der Waals surface area contributed by atoms with Gasteiger partial charge in [-0.2, -0.15) is 0 Å². The molecule has 4 aromatic carbocycles. The predicted molar refractivity (Wildman–Crippen MR) is 201 cm³/mol. The maximum Gasteiger partial charge on any atom is 0.330 e. The van der Waals surface area contributed by atoms with E-state index in [1.165, 1.54) is 84.1 Å². The third-order valence-corrected chi connectivity index (χ3v) is 8.16. The minimum Gasteiger partial charge on any atom is -0.504 e. The van der Waals surface area contributed by atoms with Crippen LogP contribution in [0.25, 0.3) is 12.2 Å². The fraction of sp³-hybridized carbons (Fsp3) is 0.268. The molecule has 0 bridgehead atoms. The Labute approximate surface area is 318 Å². The van der Waals surface area contributed by atoms with Crippen LogP contribution in [0.15, 0.2) is 78.9 Å². The Morgan fingerprint density at radius 1 is 0.618 bits per heavy atom. The zero-order valence-corrected chi connectivity index (χ0v) is 31.0. The molecule has 2 atom stereocenters. The highest BCUT2D eigenvalue weighted by atomic mass is 16.6. The summed E-state index contributed by atoms with van der Waals surface area (Å²) in [5.74, 6) is -0.248. The molecular formula is C41H44O14. The van der Waals surface area contributed by atoms with Crippen LogP contribution < -0.4 is 28.4 Å². The van der Waals surface area contributed by atoms with Crippen molar-refractivity contribution in [1.29, 1.82) is 0 Å². The van der Waals surface area contributed by atoms with Gasteiger partial charge in [0.2, 0.25) is 5.75 Å². The van der Waals surface area contributed by atoms with E-state index >= 15 is 0 Å². The van der Waals surface area contributed by atoms with Gasteiger partial charge in [-0.3, -0.25) is 0 Å². The number of carbonyl (C=O) groups excluding carboxylic acids is 2. The lowest BCUT2D eigenvalue weighted by atomic mass is 10.0. The average molecular weight is 761 g/mol. The summed E-state index contributed by atoms with van der Waals surface area (Å²) in [4.78, 5) is 25.1. The first-order valence-corrected chi connectivity index (χ1v) is 16.9. The first-order chi connectivity index (χ1) is 26.5. The van der Waals surface area contributed by atoms with E-state index in [1.807, 2.05) is 0 Å². The van der Waals surface area contributed by atoms with Gasteiger partial charge < -0.3 is 58.3 Å². The molecule has 0 aliphatic carbocycles. The zero-order valence-electron chi connectivity index (χ0n) is 31.0. The Bertz CT molecular complexity index is 1960. The van der Waals surface area contributed by atoms with Crippen molar-refractivity contribution in [2.75, 3.05) is 48.8 Å². The number of hydrogen-bond acceptors (Lipinski definition) is 14. The Kier molecular flexibility index (Phi) is 15.0. The van der Waals surface area contributed by atoms with Gasteiger partial charge in [-0.25, -0.2) is 9.59 Å². The molecule has 0 aliphatic rings.